The van der Waals surface area contributed by atoms with E-state index in [4.69, 9.17) is 9.47 Å². The van der Waals surface area contributed by atoms with Gasteiger partial charge in [-0.25, -0.2) is 0 Å². The second-order valence-corrected chi connectivity index (χ2v) is 8.36. The minimum atomic E-state index is -3.75. The zero-order valence-electron chi connectivity index (χ0n) is 15.0. The molecule has 3 atom stereocenters. The molecule has 26 heavy (non-hydrogen) atoms. The maximum atomic E-state index is 12.6. The molecule has 144 valence electrons. The van der Waals surface area contributed by atoms with Crippen molar-refractivity contribution in [1.29, 1.82) is 0 Å². The highest BCUT2D eigenvalue weighted by Gasteiger charge is 2.40. The molecular weight excluding hydrogens is 358 g/mol. The van der Waals surface area contributed by atoms with Crippen molar-refractivity contribution < 1.29 is 22.7 Å². The molecule has 0 unspecified atom stereocenters. The van der Waals surface area contributed by atoms with Crippen LogP contribution < -0.4 is 14.8 Å². The first-order valence-electron chi connectivity index (χ1n) is 8.69. The van der Waals surface area contributed by atoms with Crippen LogP contribution in [0.25, 0.3) is 0 Å². The second-order valence-electron chi connectivity index (χ2n) is 6.60. The van der Waals surface area contributed by atoms with Gasteiger partial charge in [-0.3, -0.25) is 4.79 Å². The molecule has 0 bridgehead atoms. The maximum absolute atomic E-state index is 12.6. The molecule has 9 heteroatoms. The lowest BCUT2D eigenvalue weighted by atomic mass is 9.99. The highest BCUT2D eigenvalue weighted by Crippen LogP contribution is 2.29. The molecule has 8 nitrogen and oxygen atoms in total. The Balaban J connectivity index is 1.71. The van der Waals surface area contributed by atoms with E-state index in [-0.39, 0.29) is 12.0 Å². The average molecular weight is 383 g/mol. The van der Waals surface area contributed by atoms with Crippen molar-refractivity contribution >= 4 is 16.1 Å². The maximum Gasteiger partial charge on any atom is 0.280 e. The monoisotopic (exact) mass is 383 g/mol. The molecule has 0 aromatic heterocycles. The number of rotatable bonds is 5. The molecule has 0 radical (unpaired) electrons. The Morgan fingerprint density at radius 1 is 1.38 bits per heavy atom. The van der Waals surface area contributed by atoms with Crippen LogP contribution in [0.15, 0.2) is 24.3 Å². The summed E-state index contributed by atoms with van der Waals surface area (Å²) < 4.78 is 39.3. The third-order valence-corrected chi connectivity index (χ3v) is 6.51. The van der Waals surface area contributed by atoms with E-state index in [1.54, 1.807) is 31.4 Å². The molecule has 2 saturated heterocycles. The Labute approximate surface area is 154 Å². The predicted octanol–water partition coefficient (Wildman–Crippen LogP) is 0.570. The summed E-state index contributed by atoms with van der Waals surface area (Å²) in [6.45, 7) is 1.12. The van der Waals surface area contributed by atoms with Crippen LogP contribution in [0.3, 0.4) is 0 Å². The van der Waals surface area contributed by atoms with Crippen molar-refractivity contribution in [2.75, 3.05) is 27.3 Å². The summed E-state index contributed by atoms with van der Waals surface area (Å²) in [5, 5.41) is 2.83. The quantitative estimate of drug-likeness (QED) is 0.775. The molecule has 0 spiro atoms. The van der Waals surface area contributed by atoms with E-state index in [1.807, 2.05) is 0 Å². The zero-order valence-corrected chi connectivity index (χ0v) is 15.8. The minimum absolute atomic E-state index is 0.0139. The van der Waals surface area contributed by atoms with E-state index >= 15 is 0 Å². The van der Waals surface area contributed by atoms with Gasteiger partial charge < -0.3 is 14.8 Å². The van der Waals surface area contributed by atoms with Crippen molar-refractivity contribution in [3.8, 4) is 5.75 Å². The molecule has 2 heterocycles. The van der Waals surface area contributed by atoms with E-state index in [0.29, 0.717) is 25.3 Å². The molecule has 3 rings (SSSR count). The van der Waals surface area contributed by atoms with Gasteiger partial charge in [-0.1, -0.05) is 12.1 Å². The summed E-state index contributed by atoms with van der Waals surface area (Å²) in [6.07, 6.45) is 2.26. The Morgan fingerprint density at radius 2 is 2.12 bits per heavy atom. The zero-order chi connectivity index (χ0) is 18.7. The summed E-state index contributed by atoms with van der Waals surface area (Å²) in [6, 6.07) is 5.91. The molecule has 0 aliphatic carbocycles. The molecule has 2 aliphatic heterocycles. The molecular formula is C17H25N3O5S. The number of benzene rings is 1. The third-order valence-electron chi connectivity index (χ3n) is 4.92. The Morgan fingerprint density at radius 3 is 2.73 bits per heavy atom. The first-order chi connectivity index (χ1) is 12.4. The predicted molar refractivity (Wildman–Crippen MR) is 95.9 cm³/mol. The van der Waals surface area contributed by atoms with Gasteiger partial charge in [-0.15, -0.1) is 0 Å². The first kappa shape index (κ1) is 19.1. The van der Waals surface area contributed by atoms with Gasteiger partial charge in [0.15, 0.2) is 0 Å². The fourth-order valence-corrected chi connectivity index (χ4v) is 4.58. The molecule has 1 aromatic carbocycles. The van der Waals surface area contributed by atoms with Crippen molar-refractivity contribution in [1.82, 2.24) is 14.3 Å². The van der Waals surface area contributed by atoms with E-state index in [1.165, 1.54) is 7.05 Å². The molecule has 0 saturated carbocycles. The number of carbonyl (C=O) groups is 1. The van der Waals surface area contributed by atoms with Crippen molar-refractivity contribution in [3.05, 3.63) is 29.8 Å². The van der Waals surface area contributed by atoms with E-state index in [2.05, 4.69) is 10.0 Å². The van der Waals surface area contributed by atoms with Gasteiger partial charge in [0.1, 0.15) is 11.8 Å². The molecule has 2 aliphatic rings. The molecule has 1 amide bonds. The normalized spacial score (nSPS) is 28.6. The van der Waals surface area contributed by atoms with Crippen LogP contribution in [0.1, 0.15) is 30.9 Å². The third kappa shape index (κ3) is 4.17. The molecule has 2 N–H and O–H groups in total. The van der Waals surface area contributed by atoms with Gasteiger partial charge in [0, 0.05) is 26.2 Å². The van der Waals surface area contributed by atoms with Crippen LogP contribution in [0.5, 0.6) is 5.75 Å². The number of ether oxygens (including phenoxy) is 2. The average Bonchev–Trinajstić information content (AvgIpc) is 3.15. The highest BCUT2D eigenvalue weighted by molar-refractivity contribution is 7.87. The van der Waals surface area contributed by atoms with Crippen LogP contribution in [-0.2, 0) is 19.7 Å². The van der Waals surface area contributed by atoms with Gasteiger partial charge in [0.25, 0.3) is 10.2 Å². The number of nitrogens with zero attached hydrogens (tertiary/aromatic N) is 1. The van der Waals surface area contributed by atoms with Gasteiger partial charge in [0.2, 0.25) is 5.91 Å². The number of carbonyl (C=O) groups excluding carboxylic acids is 1. The Bertz CT molecular complexity index is 731. The SMILES string of the molecule is COc1ccc([C@@H]2C[C@@H](C(=O)NC[C@H]3CCCO3)N(C)S(=O)(=O)N2)cc1. The number of nitrogens with one attached hydrogen (secondary N) is 2. The molecule has 2 fully saturated rings. The summed E-state index contributed by atoms with van der Waals surface area (Å²) in [5.41, 5.74) is 0.791. The first-order valence-corrected chi connectivity index (χ1v) is 10.1. The van der Waals surface area contributed by atoms with E-state index < -0.39 is 22.3 Å². The minimum Gasteiger partial charge on any atom is -0.497 e. The largest absolute Gasteiger partial charge is 0.497 e. The number of hydrogen-bond acceptors (Lipinski definition) is 5. The highest BCUT2D eigenvalue weighted by atomic mass is 32.2. The van der Waals surface area contributed by atoms with Crippen LogP contribution in [-0.4, -0.2) is 58.1 Å². The Kier molecular flexibility index (Phi) is 5.81. The van der Waals surface area contributed by atoms with Crippen molar-refractivity contribution in [3.63, 3.8) is 0 Å². The summed E-state index contributed by atoms with van der Waals surface area (Å²) in [4.78, 5) is 12.6. The lowest BCUT2D eigenvalue weighted by Crippen LogP contribution is -2.57. The van der Waals surface area contributed by atoms with Gasteiger partial charge in [-0.05, 0) is 37.0 Å². The smallest absolute Gasteiger partial charge is 0.280 e. The van der Waals surface area contributed by atoms with Crippen LogP contribution in [0.2, 0.25) is 0 Å². The number of likely N-dealkylation sites (N-methyl/N-ethyl adjacent to an activating group) is 1. The van der Waals surface area contributed by atoms with Crippen LogP contribution >= 0.6 is 0 Å². The number of methoxy groups -OCH3 is 1. The van der Waals surface area contributed by atoms with E-state index in [0.717, 1.165) is 22.7 Å². The van der Waals surface area contributed by atoms with Crippen LogP contribution in [0, 0.1) is 0 Å². The fraction of sp³-hybridized carbons (Fsp3) is 0.588. The summed E-state index contributed by atoms with van der Waals surface area (Å²) in [5.74, 6) is 0.391. The van der Waals surface area contributed by atoms with Crippen molar-refractivity contribution in [2.45, 2.75) is 37.5 Å². The number of amides is 1. The van der Waals surface area contributed by atoms with Gasteiger partial charge in [0.05, 0.1) is 13.2 Å². The van der Waals surface area contributed by atoms with Crippen LogP contribution in [0.4, 0.5) is 0 Å². The van der Waals surface area contributed by atoms with Gasteiger partial charge in [-0.2, -0.15) is 17.4 Å². The lowest BCUT2D eigenvalue weighted by molar-refractivity contribution is -0.125. The van der Waals surface area contributed by atoms with Gasteiger partial charge >= 0.3 is 0 Å². The van der Waals surface area contributed by atoms with Crippen molar-refractivity contribution in [2.24, 2.45) is 0 Å². The summed E-state index contributed by atoms with van der Waals surface area (Å²) >= 11 is 0. The number of hydrogen-bond donors (Lipinski definition) is 2. The standard InChI is InChI=1S/C17H25N3O5S/c1-20-16(17(21)18-11-14-4-3-9-25-14)10-15(19-26(20,22)23)12-5-7-13(24-2)8-6-12/h5-8,14-16,19H,3-4,9-11H2,1-2H3,(H,18,21)/t14-,15+,16+/m1/s1. The van der Waals surface area contributed by atoms with E-state index in [9.17, 15) is 13.2 Å². The molecule has 1 aromatic rings. The topological polar surface area (TPSA) is 97.0 Å². The second kappa shape index (κ2) is 7.91. The Hall–Kier alpha value is -1.68. The lowest BCUT2D eigenvalue weighted by Gasteiger charge is -2.36. The summed E-state index contributed by atoms with van der Waals surface area (Å²) in [7, 11) is -0.755. The fourth-order valence-electron chi connectivity index (χ4n) is 3.30.